The van der Waals surface area contributed by atoms with Gasteiger partial charge < -0.3 is 37.2 Å². The van der Waals surface area contributed by atoms with E-state index in [2.05, 4.69) is 10.6 Å². The van der Waals surface area contributed by atoms with Crippen molar-refractivity contribution in [3.05, 3.63) is 29.8 Å². The van der Waals surface area contributed by atoms with E-state index >= 15 is 0 Å². The summed E-state index contributed by atoms with van der Waals surface area (Å²) < 4.78 is 0. The molecule has 1 aromatic rings. The molecule has 4 atom stereocenters. The number of amides is 4. The van der Waals surface area contributed by atoms with Crippen LogP contribution in [0.3, 0.4) is 0 Å². The van der Waals surface area contributed by atoms with Gasteiger partial charge in [-0.2, -0.15) is 0 Å². The van der Waals surface area contributed by atoms with E-state index < -0.39 is 53.8 Å². The van der Waals surface area contributed by atoms with Crippen molar-refractivity contribution in [1.29, 1.82) is 0 Å². The maximum atomic E-state index is 13.4. The van der Waals surface area contributed by atoms with E-state index in [9.17, 15) is 34.2 Å². The van der Waals surface area contributed by atoms with Crippen LogP contribution in [0, 0.1) is 5.92 Å². The molecular weight excluding hydrogens is 470 g/mol. The van der Waals surface area contributed by atoms with Crippen molar-refractivity contribution in [2.45, 2.75) is 70.1 Å². The van der Waals surface area contributed by atoms with Crippen LogP contribution in [-0.4, -0.2) is 75.4 Å². The predicted octanol–water partition coefficient (Wildman–Crippen LogP) is -0.771. The van der Waals surface area contributed by atoms with Crippen LogP contribution in [-0.2, 0) is 30.4 Å². The van der Waals surface area contributed by atoms with Crippen molar-refractivity contribution in [3.63, 3.8) is 0 Å². The Morgan fingerprint density at radius 2 is 1.72 bits per heavy atom. The van der Waals surface area contributed by atoms with Gasteiger partial charge in [0.05, 0.1) is 12.5 Å². The van der Waals surface area contributed by atoms with Crippen LogP contribution < -0.4 is 22.1 Å². The minimum atomic E-state index is -1.24. The molecule has 12 nitrogen and oxygen atoms in total. The number of nitrogens with two attached hydrogens (primary N) is 2. The van der Waals surface area contributed by atoms with Crippen molar-refractivity contribution < 1.29 is 34.2 Å². The van der Waals surface area contributed by atoms with Gasteiger partial charge in [-0.3, -0.25) is 19.2 Å². The van der Waals surface area contributed by atoms with Crippen LogP contribution >= 0.6 is 0 Å². The molecule has 1 aliphatic heterocycles. The Balaban J connectivity index is 2.13. The van der Waals surface area contributed by atoms with Crippen LogP contribution in [0.1, 0.15) is 45.1 Å². The molecule has 0 spiro atoms. The van der Waals surface area contributed by atoms with Gasteiger partial charge in [0.1, 0.15) is 23.9 Å². The van der Waals surface area contributed by atoms with Crippen LogP contribution in [0.4, 0.5) is 0 Å². The number of rotatable bonds is 12. The first-order valence-corrected chi connectivity index (χ1v) is 11.8. The van der Waals surface area contributed by atoms with Gasteiger partial charge in [0, 0.05) is 13.0 Å². The number of phenols is 1. The summed E-state index contributed by atoms with van der Waals surface area (Å²) in [6.45, 7) is 4.00. The highest BCUT2D eigenvalue weighted by Crippen LogP contribution is 2.21. The molecule has 1 aromatic carbocycles. The fourth-order valence-corrected chi connectivity index (χ4v) is 4.12. The number of carbonyl (C=O) groups is 5. The van der Waals surface area contributed by atoms with Crippen molar-refractivity contribution in [3.8, 4) is 5.75 Å². The van der Waals surface area contributed by atoms with E-state index in [4.69, 9.17) is 11.5 Å². The number of phenolic OH excluding ortho intramolecular Hbond substituents is 1. The highest BCUT2D eigenvalue weighted by Gasteiger charge is 2.39. The molecule has 4 amide bonds. The maximum Gasteiger partial charge on any atom is 0.326 e. The van der Waals surface area contributed by atoms with Crippen LogP contribution in [0.25, 0.3) is 0 Å². The van der Waals surface area contributed by atoms with Crippen LogP contribution in [0.5, 0.6) is 5.75 Å². The Morgan fingerprint density at radius 1 is 1.08 bits per heavy atom. The fourth-order valence-electron chi connectivity index (χ4n) is 4.12. The summed E-state index contributed by atoms with van der Waals surface area (Å²) in [4.78, 5) is 63.1. The first-order valence-electron chi connectivity index (χ1n) is 11.8. The van der Waals surface area contributed by atoms with E-state index in [-0.39, 0.29) is 37.5 Å². The molecule has 0 aromatic heterocycles. The summed E-state index contributed by atoms with van der Waals surface area (Å²) in [7, 11) is 0. The van der Waals surface area contributed by atoms with Crippen molar-refractivity contribution in [2.75, 3.05) is 6.54 Å². The number of nitrogens with one attached hydrogen (secondary N) is 2. The molecule has 8 N–H and O–H groups in total. The minimum Gasteiger partial charge on any atom is -0.508 e. The summed E-state index contributed by atoms with van der Waals surface area (Å²) >= 11 is 0. The monoisotopic (exact) mass is 505 g/mol. The van der Waals surface area contributed by atoms with Crippen molar-refractivity contribution in [2.24, 2.45) is 17.4 Å². The number of nitrogens with zero attached hydrogens (tertiary/aromatic N) is 1. The zero-order valence-corrected chi connectivity index (χ0v) is 20.5. The highest BCUT2D eigenvalue weighted by atomic mass is 16.4. The van der Waals surface area contributed by atoms with Gasteiger partial charge in [0.25, 0.3) is 0 Å². The van der Waals surface area contributed by atoms with Gasteiger partial charge in [-0.25, -0.2) is 4.79 Å². The van der Waals surface area contributed by atoms with E-state index in [1.165, 1.54) is 17.0 Å². The van der Waals surface area contributed by atoms with E-state index in [1.807, 2.05) is 13.8 Å². The first-order chi connectivity index (χ1) is 16.9. The molecule has 2 rings (SSSR count). The van der Waals surface area contributed by atoms with Gasteiger partial charge in [-0.05, 0) is 42.9 Å². The minimum absolute atomic E-state index is 0.00813. The average molecular weight is 506 g/mol. The number of carboxylic acid groups (broad SMARTS) is 1. The van der Waals surface area contributed by atoms with E-state index in [1.54, 1.807) is 12.1 Å². The van der Waals surface area contributed by atoms with Gasteiger partial charge in [-0.15, -0.1) is 0 Å². The molecule has 1 fully saturated rings. The summed E-state index contributed by atoms with van der Waals surface area (Å²) in [6.07, 6.45) is 0.763. The predicted molar refractivity (Wildman–Crippen MR) is 129 cm³/mol. The number of carbonyl (C=O) groups excluding carboxylic acids is 4. The van der Waals surface area contributed by atoms with Gasteiger partial charge in [0.2, 0.25) is 23.6 Å². The Kier molecular flexibility index (Phi) is 10.2. The zero-order valence-electron chi connectivity index (χ0n) is 20.5. The highest BCUT2D eigenvalue weighted by molar-refractivity contribution is 5.95. The van der Waals surface area contributed by atoms with Gasteiger partial charge >= 0.3 is 5.97 Å². The second kappa shape index (κ2) is 12.9. The number of aromatic hydroxyl groups is 1. The van der Waals surface area contributed by atoms with E-state index in [0.29, 0.717) is 18.4 Å². The quantitative estimate of drug-likeness (QED) is 0.212. The van der Waals surface area contributed by atoms with Gasteiger partial charge in [0.15, 0.2) is 0 Å². The normalized spacial score (nSPS) is 17.8. The lowest BCUT2D eigenvalue weighted by Gasteiger charge is -2.30. The molecule has 0 radical (unpaired) electrons. The number of hydrogen-bond acceptors (Lipinski definition) is 7. The lowest BCUT2D eigenvalue weighted by Crippen LogP contribution is -2.57. The van der Waals surface area contributed by atoms with Crippen molar-refractivity contribution >= 4 is 29.6 Å². The number of carboxylic acids is 1. The molecule has 36 heavy (non-hydrogen) atoms. The van der Waals surface area contributed by atoms with Crippen LogP contribution in [0.2, 0.25) is 0 Å². The molecule has 12 heteroatoms. The summed E-state index contributed by atoms with van der Waals surface area (Å²) in [5.74, 6) is -3.72. The Hall–Kier alpha value is -3.67. The summed E-state index contributed by atoms with van der Waals surface area (Å²) in [5.41, 5.74) is 11.4. The zero-order chi connectivity index (χ0) is 27.0. The standard InChI is InChI=1S/C24H35N5O7/c1-13(2)10-17(27-21(32)16(25)12-20(26)31)23(34)29-9-3-4-19(29)22(33)28-18(24(35)36)11-14-5-7-15(30)8-6-14/h5-8,13,16-19,30H,3-4,9-12,25H2,1-2H3,(H2,26,31)(H,27,32)(H,28,33)(H,35,36). The molecule has 0 bridgehead atoms. The molecular formula is C24H35N5O7. The third kappa shape index (κ3) is 8.22. The second-order valence-electron chi connectivity index (χ2n) is 9.43. The smallest absolute Gasteiger partial charge is 0.326 e. The summed E-state index contributed by atoms with van der Waals surface area (Å²) in [5, 5.41) is 24.1. The van der Waals surface area contributed by atoms with Gasteiger partial charge in [-0.1, -0.05) is 26.0 Å². The molecule has 0 aliphatic carbocycles. The largest absolute Gasteiger partial charge is 0.508 e. The number of aliphatic carboxylic acids is 1. The Bertz CT molecular complexity index is 966. The SMILES string of the molecule is CC(C)CC(NC(=O)C(N)CC(N)=O)C(=O)N1CCCC1C(=O)NC(Cc1ccc(O)cc1)C(=O)O. The lowest BCUT2D eigenvalue weighted by molar-refractivity contribution is -0.145. The molecule has 0 saturated carbocycles. The number of primary amides is 1. The second-order valence-corrected chi connectivity index (χ2v) is 9.43. The third-order valence-corrected chi connectivity index (χ3v) is 5.91. The average Bonchev–Trinajstić information content (AvgIpc) is 3.28. The molecule has 4 unspecified atom stereocenters. The Morgan fingerprint density at radius 3 is 2.28 bits per heavy atom. The molecule has 1 aliphatic rings. The Labute approximate surface area is 209 Å². The number of hydrogen-bond donors (Lipinski definition) is 6. The molecule has 198 valence electrons. The maximum absolute atomic E-state index is 13.4. The number of likely N-dealkylation sites (tertiary alicyclic amines) is 1. The molecule has 1 saturated heterocycles. The third-order valence-electron chi connectivity index (χ3n) is 5.91. The fraction of sp³-hybridized carbons (Fsp3) is 0.542. The topological polar surface area (TPSA) is 205 Å². The lowest BCUT2D eigenvalue weighted by atomic mass is 10.0. The first kappa shape index (κ1) is 28.6. The summed E-state index contributed by atoms with van der Waals surface area (Å²) in [6, 6.07) is 1.65. The molecule has 1 heterocycles. The van der Waals surface area contributed by atoms with E-state index in [0.717, 1.165) is 0 Å². The number of benzene rings is 1. The van der Waals surface area contributed by atoms with Crippen molar-refractivity contribution in [1.82, 2.24) is 15.5 Å². The van der Waals surface area contributed by atoms with Crippen LogP contribution in [0.15, 0.2) is 24.3 Å².